The second kappa shape index (κ2) is 5.99. The van der Waals surface area contributed by atoms with Crippen LogP contribution in [-0.4, -0.2) is 30.5 Å². The Hall–Kier alpha value is -0.970. The molecule has 2 rings (SSSR count). The minimum atomic E-state index is -0.605. The van der Waals surface area contributed by atoms with Gasteiger partial charge < -0.3 is 15.6 Å². The first-order valence-corrected chi connectivity index (χ1v) is 6.79. The summed E-state index contributed by atoms with van der Waals surface area (Å²) in [6, 6.07) is 6.30. The van der Waals surface area contributed by atoms with Gasteiger partial charge in [-0.1, -0.05) is 12.1 Å². The molecule has 0 saturated heterocycles. The van der Waals surface area contributed by atoms with Gasteiger partial charge in [0, 0.05) is 26.0 Å². The lowest BCUT2D eigenvalue weighted by molar-refractivity contribution is -0.102. The predicted molar refractivity (Wildman–Crippen MR) is 72.4 cm³/mol. The molecule has 1 fully saturated rings. The van der Waals surface area contributed by atoms with E-state index in [1.165, 1.54) is 12.1 Å². The highest BCUT2D eigenvalue weighted by molar-refractivity contribution is 5.22. The van der Waals surface area contributed by atoms with Gasteiger partial charge in [0.25, 0.3) is 0 Å². The van der Waals surface area contributed by atoms with E-state index in [9.17, 15) is 9.50 Å². The van der Waals surface area contributed by atoms with Crippen molar-refractivity contribution in [1.82, 2.24) is 0 Å². The molecule has 1 aliphatic carbocycles. The number of halogens is 1. The first-order chi connectivity index (χ1) is 9.10. The summed E-state index contributed by atoms with van der Waals surface area (Å²) >= 11 is 0. The summed E-state index contributed by atoms with van der Waals surface area (Å²) in [4.78, 5) is 0. The third-order valence-corrected chi connectivity index (χ3v) is 4.27. The van der Waals surface area contributed by atoms with E-state index >= 15 is 0 Å². The molecule has 1 aromatic carbocycles. The first kappa shape index (κ1) is 14.4. The highest BCUT2D eigenvalue weighted by Gasteiger charge is 2.40. The van der Waals surface area contributed by atoms with Crippen LogP contribution in [0.4, 0.5) is 4.39 Å². The molecule has 2 unspecified atom stereocenters. The van der Waals surface area contributed by atoms with E-state index in [2.05, 4.69) is 0 Å². The summed E-state index contributed by atoms with van der Waals surface area (Å²) in [6.07, 6.45) is 3.03. The fourth-order valence-corrected chi connectivity index (χ4v) is 2.84. The van der Waals surface area contributed by atoms with Crippen LogP contribution in [0.25, 0.3) is 0 Å². The van der Waals surface area contributed by atoms with Crippen LogP contribution in [0.3, 0.4) is 0 Å². The number of aliphatic hydroxyl groups is 1. The van der Waals surface area contributed by atoms with Gasteiger partial charge in [-0.05, 0) is 37.0 Å². The van der Waals surface area contributed by atoms with E-state index in [1.54, 1.807) is 13.2 Å². The number of rotatable bonds is 6. The monoisotopic (exact) mass is 267 g/mol. The molecule has 0 heterocycles. The molecule has 4 heteroatoms. The Morgan fingerprint density at radius 3 is 2.68 bits per heavy atom. The lowest BCUT2D eigenvalue weighted by Gasteiger charge is -2.43. The van der Waals surface area contributed by atoms with E-state index in [1.807, 2.05) is 6.07 Å². The maximum absolute atomic E-state index is 13.3. The summed E-state index contributed by atoms with van der Waals surface area (Å²) in [5.41, 5.74) is 6.29. The van der Waals surface area contributed by atoms with Crippen molar-refractivity contribution in [3.05, 3.63) is 35.6 Å². The topological polar surface area (TPSA) is 55.5 Å². The molecular formula is C15H22FNO2. The molecular weight excluding hydrogens is 245 g/mol. The number of benzene rings is 1. The highest BCUT2D eigenvalue weighted by Crippen LogP contribution is 2.40. The maximum Gasteiger partial charge on any atom is 0.123 e. The van der Waals surface area contributed by atoms with Crippen LogP contribution >= 0.6 is 0 Å². The zero-order valence-corrected chi connectivity index (χ0v) is 11.3. The fraction of sp³-hybridized carbons (Fsp3) is 0.600. The second-order valence-electron chi connectivity index (χ2n) is 5.41. The lowest BCUT2D eigenvalue weighted by atomic mass is 9.73. The minimum absolute atomic E-state index is 0.208. The largest absolute Gasteiger partial charge is 0.392 e. The van der Waals surface area contributed by atoms with Gasteiger partial charge >= 0.3 is 0 Å². The molecule has 1 saturated carbocycles. The van der Waals surface area contributed by atoms with Crippen LogP contribution in [0.1, 0.15) is 37.2 Å². The molecule has 0 amide bonds. The third kappa shape index (κ3) is 3.14. The van der Waals surface area contributed by atoms with Crippen LogP contribution in [0, 0.1) is 5.82 Å². The maximum atomic E-state index is 13.3. The Morgan fingerprint density at radius 1 is 1.47 bits per heavy atom. The van der Waals surface area contributed by atoms with Crippen molar-refractivity contribution in [1.29, 1.82) is 0 Å². The SMILES string of the molecule is COC1(CC(O)C(CN)c2cccc(F)c2)CCC1. The fourth-order valence-electron chi connectivity index (χ4n) is 2.84. The van der Waals surface area contributed by atoms with Gasteiger partial charge in [-0.3, -0.25) is 0 Å². The molecule has 3 N–H and O–H groups in total. The molecule has 3 nitrogen and oxygen atoms in total. The van der Waals surface area contributed by atoms with Gasteiger partial charge in [-0.2, -0.15) is 0 Å². The molecule has 0 aromatic heterocycles. The van der Waals surface area contributed by atoms with Gasteiger partial charge in [0.05, 0.1) is 11.7 Å². The van der Waals surface area contributed by atoms with Gasteiger partial charge in [-0.25, -0.2) is 4.39 Å². The Kier molecular flexibility index (Phi) is 4.55. The summed E-state index contributed by atoms with van der Waals surface area (Å²) < 4.78 is 18.8. The van der Waals surface area contributed by atoms with Gasteiger partial charge in [0.2, 0.25) is 0 Å². The van der Waals surface area contributed by atoms with E-state index in [-0.39, 0.29) is 17.3 Å². The molecule has 19 heavy (non-hydrogen) atoms. The normalized spacial score (nSPS) is 20.6. The number of hydrogen-bond donors (Lipinski definition) is 2. The van der Waals surface area contributed by atoms with E-state index < -0.39 is 6.10 Å². The number of nitrogens with two attached hydrogens (primary N) is 1. The number of hydrogen-bond acceptors (Lipinski definition) is 3. The molecule has 2 atom stereocenters. The second-order valence-corrected chi connectivity index (χ2v) is 5.41. The highest BCUT2D eigenvalue weighted by atomic mass is 19.1. The standard InChI is InChI=1S/C15H22FNO2/c1-19-15(6-3-7-15)9-14(18)13(10-17)11-4-2-5-12(16)8-11/h2,4-5,8,13-14,18H,3,6-7,9-10,17H2,1H3. The third-order valence-electron chi connectivity index (χ3n) is 4.27. The van der Waals surface area contributed by atoms with Crippen molar-refractivity contribution < 1.29 is 14.2 Å². The lowest BCUT2D eigenvalue weighted by Crippen LogP contribution is -2.44. The number of ether oxygens (including phenoxy) is 1. The Balaban J connectivity index is 2.08. The van der Waals surface area contributed by atoms with Gasteiger partial charge in [0.1, 0.15) is 5.82 Å². The number of methoxy groups -OCH3 is 1. The Morgan fingerprint density at radius 2 is 2.21 bits per heavy atom. The quantitative estimate of drug-likeness (QED) is 0.830. The first-order valence-electron chi connectivity index (χ1n) is 6.79. The van der Waals surface area contributed by atoms with E-state index in [0.717, 1.165) is 24.8 Å². The van der Waals surface area contributed by atoms with Crippen LogP contribution in [0.2, 0.25) is 0 Å². The summed E-state index contributed by atoms with van der Waals surface area (Å²) in [7, 11) is 1.69. The van der Waals surface area contributed by atoms with Crippen molar-refractivity contribution in [3.63, 3.8) is 0 Å². The number of aliphatic hydroxyl groups excluding tert-OH is 1. The van der Waals surface area contributed by atoms with Crippen molar-refractivity contribution in [2.75, 3.05) is 13.7 Å². The predicted octanol–water partition coefficient (Wildman–Crippen LogP) is 2.19. The van der Waals surface area contributed by atoms with Crippen molar-refractivity contribution in [2.45, 2.75) is 43.3 Å². The summed E-state index contributed by atoms with van der Waals surface area (Å²) in [6.45, 7) is 0.296. The molecule has 0 bridgehead atoms. The zero-order chi connectivity index (χ0) is 13.9. The molecule has 0 spiro atoms. The van der Waals surface area contributed by atoms with Gasteiger partial charge in [-0.15, -0.1) is 0 Å². The molecule has 0 aliphatic heterocycles. The average Bonchev–Trinajstić information content (AvgIpc) is 2.35. The average molecular weight is 267 g/mol. The van der Waals surface area contributed by atoms with Crippen LogP contribution in [0.15, 0.2) is 24.3 Å². The van der Waals surface area contributed by atoms with Crippen LogP contribution in [-0.2, 0) is 4.74 Å². The summed E-state index contributed by atoms with van der Waals surface area (Å²) in [5.74, 6) is -0.545. The van der Waals surface area contributed by atoms with E-state index in [4.69, 9.17) is 10.5 Å². The van der Waals surface area contributed by atoms with Crippen molar-refractivity contribution in [3.8, 4) is 0 Å². The van der Waals surface area contributed by atoms with E-state index in [0.29, 0.717) is 13.0 Å². The molecule has 1 aliphatic rings. The Labute approximate surface area is 113 Å². The summed E-state index contributed by atoms with van der Waals surface area (Å²) in [5, 5.41) is 10.4. The smallest absolute Gasteiger partial charge is 0.123 e. The molecule has 106 valence electrons. The molecule has 0 radical (unpaired) electrons. The molecule has 1 aromatic rings. The van der Waals surface area contributed by atoms with Gasteiger partial charge in [0.15, 0.2) is 0 Å². The minimum Gasteiger partial charge on any atom is -0.392 e. The Bertz CT molecular complexity index is 415. The van der Waals surface area contributed by atoms with Crippen LogP contribution < -0.4 is 5.73 Å². The van der Waals surface area contributed by atoms with Crippen molar-refractivity contribution >= 4 is 0 Å². The van der Waals surface area contributed by atoms with Crippen LogP contribution in [0.5, 0.6) is 0 Å². The van der Waals surface area contributed by atoms with Crippen molar-refractivity contribution in [2.24, 2.45) is 5.73 Å². The zero-order valence-electron chi connectivity index (χ0n) is 11.3.